The molecule has 1 spiro atoms. The van der Waals surface area contributed by atoms with Crippen LogP contribution in [0.25, 0.3) is 0 Å². The van der Waals surface area contributed by atoms with Crippen LogP contribution in [-0.4, -0.2) is 80.7 Å². The van der Waals surface area contributed by atoms with Gasteiger partial charge in [-0.05, 0) is 43.4 Å². The average molecular weight is 468 g/mol. The largest absolute Gasteiger partial charge is 0.368 e. The maximum absolute atomic E-state index is 13.3. The molecule has 1 aromatic heterocycles. The van der Waals surface area contributed by atoms with Crippen LogP contribution in [0.15, 0.2) is 30.6 Å². The number of nitrogens with zero attached hydrogens (tertiary/aromatic N) is 6. The Morgan fingerprint density at radius 1 is 1.03 bits per heavy atom. The van der Waals surface area contributed by atoms with Gasteiger partial charge < -0.3 is 15.5 Å². The molecule has 34 heavy (non-hydrogen) atoms. The van der Waals surface area contributed by atoms with Crippen LogP contribution in [0.5, 0.6) is 0 Å². The molecule has 0 bridgehead atoms. The first kappa shape index (κ1) is 21.5. The van der Waals surface area contributed by atoms with Crippen LogP contribution in [0.3, 0.4) is 0 Å². The average Bonchev–Trinajstić information content (AvgIpc) is 3.51. The van der Waals surface area contributed by atoms with E-state index < -0.39 is 11.9 Å². The number of aromatic nitrogens is 3. The molecule has 0 radical (unpaired) electrons. The first-order valence-corrected chi connectivity index (χ1v) is 12.1. The van der Waals surface area contributed by atoms with Gasteiger partial charge in [0.1, 0.15) is 18.2 Å². The van der Waals surface area contributed by atoms with Gasteiger partial charge in [0.25, 0.3) is 0 Å². The van der Waals surface area contributed by atoms with E-state index in [1.807, 2.05) is 25.7 Å². The van der Waals surface area contributed by atoms with E-state index >= 15 is 0 Å². The van der Waals surface area contributed by atoms with Crippen molar-refractivity contribution < 1.29 is 14.0 Å². The second kappa shape index (κ2) is 8.04. The third kappa shape index (κ3) is 3.83. The molecule has 9 nitrogen and oxygen atoms in total. The molecule has 180 valence electrons. The smallest absolute Gasteiger partial charge is 0.320 e. The van der Waals surface area contributed by atoms with E-state index in [-0.39, 0.29) is 17.3 Å². The van der Waals surface area contributed by atoms with Crippen LogP contribution in [0.2, 0.25) is 0 Å². The molecule has 4 fully saturated rings. The van der Waals surface area contributed by atoms with E-state index in [9.17, 15) is 14.0 Å². The Morgan fingerprint density at radius 2 is 1.71 bits per heavy atom. The Bertz CT molecular complexity index is 1080. The van der Waals surface area contributed by atoms with Gasteiger partial charge >= 0.3 is 6.03 Å². The van der Waals surface area contributed by atoms with Gasteiger partial charge in [-0.25, -0.2) is 18.9 Å². The fraction of sp³-hybridized carbons (Fsp3) is 0.583. The number of carbonyl (C=O) groups excluding carboxylic acids is 2. The molecule has 2 N–H and O–H groups in total. The van der Waals surface area contributed by atoms with Gasteiger partial charge in [-0.2, -0.15) is 5.10 Å². The van der Waals surface area contributed by atoms with Crippen molar-refractivity contribution in [2.45, 2.75) is 43.7 Å². The number of halogens is 1. The Kier molecular flexibility index (Phi) is 5.09. The predicted molar refractivity (Wildman–Crippen MR) is 121 cm³/mol. The lowest BCUT2D eigenvalue weighted by atomic mass is 9.61. The monoisotopic (exact) mass is 467 g/mol. The minimum atomic E-state index is -0.616. The zero-order valence-electron chi connectivity index (χ0n) is 19.1. The van der Waals surface area contributed by atoms with E-state index in [4.69, 9.17) is 5.73 Å². The van der Waals surface area contributed by atoms with Crippen molar-refractivity contribution in [1.29, 1.82) is 0 Å². The van der Waals surface area contributed by atoms with Crippen LogP contribution in [0.1, 0.15) is 55.1 Å². The topological polar surface area (TPSA) is 101 Å². The van der Waals surface area contributed by atoms with Gasteiger partial charge in [0.2, 0.25) is 5.91 Å². The van der Waals surface area contributed by atoms with Gasteiger partial charge in [0.15, 0.2) is 5.82 Å². The zero-order valence-corrected chi connectivity index (χ0v) is 19.1. The highest BCUT2D eigenvalue weighted by molar-refractivity contribution is 5.81. The Balaban J connectivity index is 0.992. The summed E-state index contributed by atoms with van der Waals surface area (Å²) in [5, 5.41) is 4.67. The van der Waals surface area contributed by atoms with Crippen molar-refractivity contribution in [3.63, 3.8) is 0 Å². The summed E-state index contributed by atoms with van der Waals surface area (Å²) in [5.74, 6) is 0.744. The van der Waals surface area contributed by atoms with Crippen molar-refractivity contribution in [3.05, 3.63) is 47.8 Å². The van der Waals surface area contributed by atoms with E-state index in [0.29, 0.717) is 43.7 Å². The summed E-state index contributed by atoms with van der Waals surface area (Å²) >= 11 is 0. The third-order valence-electron chi connectivity index (χ3n) is 7.91. The summed E-state index contributed by atoms with van der Waals surface area (Å²) in [7, 11) is 0. The summed E-state index contributed by atoms with van der Waals surface area (Å²) in [6.45, 7) is 3.77. The molecule has 10 heteroatoms. The lowest BCUT2D eigenvalue weighted by Gasteiger charge is -2.59. The van der Waals surface area contributed by atoms with Crippen LogP contribution >= 0.6 is 0 Å². The minimum absolute atomic E-state index is 0.0721. The second-order valence-electron chi connectivity index (χ2n) is 10.4. The molecule has 3 amide bonds. The second-order valence-corrected chi connectivity index (χ2v) is 10.4. The minimum Gasteiger partial charge on any atom is -0.368 e. The number of rotatable bonds is 5. The molecule has 1 aromatic carbocycles. The number of hydrogen-bond acceptors (Lipinski definition) is 5. The van der Waals surface area contributed by atoms with Crippen LogP contribution in [-0.2, 0) is 4.79 Å². The van der Waals surface area contributed by atoms with E-state index in [1.54, 1.807) is 12.1 Å². The van der Waals surface area contributed by atoms with Gasteiger partial charge in [-0.15, -0.1) is 0 Å². The van der Waals surface area contributed by atoms with E-state index in [0.717, 1.165) is 31.8 Å². The SMILES string of the molecule is NC(=O)[C@H](c1ccc(F)cc1)N1CCN(C(=O)N2CC3(CC(n4cnc(C5CC5)n4)C3)C2)CC1. The van der Waals surface area contributed by atoms with Crippen molar-refractivity contribution in [2.24, 2.45) is 11.1 Å². The van der Waals surface area contributed by atoms with Crippen molar-refractivity contribution >= 4 is 11.9 Å². The van der Waals surface area contributed by atoms with Crippen molar-refractivity contribution in [3.8, 4) is 0 Å². The Hall–Kier alpha value is -3.01. The maximum Gasteiger partial charge on any atom is 0.320 e. The fourth-order valence-electron chi connectivity index (χ4n) is 5.85. The number of likely N-dealkylation sites (tertiary alicyclic amines) is 1. The Morgan fingerprint density at radius 3 is 2.32 bits per heavy atom. The maximum atomic E-state index is 13.3. The highest BCUT2D eigenvalue weighted by atomic mass is 19.1. The molecule has 1 atom stereocenters. The number of urea groups is 1. The summed E-state index contributed by atoms with van der Waals surface area (Å²) in [6, 6.07) is 5.73. The molecule has 4 aliphatic rings. The van der Waals surface area contributed by atoms with Crippen molar-refractivity contribution in [1.82, 2.24) is 29.5 Å². The van der Waals surface area contributed by atoms with Crippen molar-refractivity contribution in [2.75, 3.05) is 39.3 Å². The number of piperazine rings is 1. The molecule has 2 saturated carbocycles. The summed E-state index contributed by atoms with van der Waals surface area (Å²) in [5.41, 5.74) is 6.57. The van der Waals surface area contributed by atoms with Crippen LogP contribution in [0.4, 0.5) is 9.18 Å². The quantitative estimate of drug-likeness (QED) is 0.724. The molecule has 3 heterocycles. The summed E-state index contributed by atoms with van der Waals surface area (Å²) in [6.07, 6.45) is 6.39. The molecule has 2 aromatic rings. The standard InChI is InChI=1S/C24H30FN7O2/c25-18-5-3-16(4-6-18)20(21(26)33)29-7-9-30(10-8-29)23(34)31-13-24(14-31)11-19(12-24)32-15-27-22(28-32)17-1-2-17/h3-6,15,17,19-20H,1-2,7-14H2,(H2,26,33)/t20-/m0/s1. The molecular weight excluding hydrogens is 437 g/mol. The number of primary amides is 1. The van der Waals surface area contributed by atoms with Crippen LogP contribution < -0.4 is 5.73 Å². The normalized spacial score (nSPS) is 23.4. The molecule has 2 aliphatic heterocycles. The number of hydrogen-bond donors (Lipinski definition) is 1. The first-order valence-electron chi connectivity index (χ1n) is 12.1. The summed E-state index contributed by atoms with van der Waals surface area (Å²) in [4.78, 5) is 35.4. The molecule has 2 aliphatic carbocycles. The van der Waals surface area contributed by atoms with Gasteiger partial charge in [0.05, 0.1) is 6.04 Å². The van der Waals surface area contributed by atoms with E-state index in [1.165, 1.54) is 25.0 Å². The van der Waals surface area contributed by atoms with Crippen LogP contribution in [0, 0.1) is 11.2 Å². The number of benzene rings is 1. The lowest BCUT2D eigenvalue weighted by molar-refractivity contribution is -0.124. The first-order chi connectivity index (χ1) is 16.4. The van der Waals surface area contributed by atoms with Gasteiger partial charge in [0, 0.05) is 50.6 Å². The number of carbonyl (C=O) groups is 2. The highest BCUT2D eigenvalue weighted by Crippen LogP contribution is 2.54. The fourth-order valence-corrected chi connectivity index (χ4v) is 5.85. The van der Waals surface area contributed by atoms with E-state index in [2.05, 4.69) is 10.1 Å². The highest BCUT2D eigenvalue weighted by Gasteiger charge is 2.55. The lowest BCUT2D eigenvalue weighted by Crippen LogP contribution is -2.67. The molecule has 6 rings (SSSR count). The number of amides is 3. The molecular formula is C24H30FN7O2. The Labute approximate surface area is 197 Å². The summed E-state index contributed by atoms with van der Waals surface area (Å²) < 4.78 is 15.3. The third-order valence-corrected chi connectivity index (χ3v) is 7.91. The van der Waals surface area contributed by atoms with Gasteiger partial charge in [-0.3, -0.25) is 9.69 Å². The molecule has 2 saturated heterocycles. The zero-order chi connectivity index (χ0) is 23.4. The number of nitrogens with two attached hydrogens (primary N) is 1. The predicted octanol–water partition coefficient (Wildman–Crippen LogP) is 1.90. The molecule has 0 unspecified atom stereocenters. The van der Waals surface area contributed by atoms with Gasteiger partial charge in [-0.1, -0.05) is 12.1 Å².